The Hall–Kier alpha value is -3.63. The van der Waals surface area contributed by atoms with Gasteiger partial charge in [-0.2, -0.15) is 0 Å². The highest BCUT2D eigenvalue weighted by Gasteiger charge is 2.43. The standard InChI is InChI=1S/C51H69NO8S/c1-3-5-8-12-36-16-18-39(19-17-36)48(55)57-41-22-20-40(21-23-41)49(56)58-44-25-24-43(45-46(44)61-47(52-45)38-14-10-7-11-15-38)60-51(35-54)32-28-42(29-33-51)59-50(34-53)30-26-37(27-31-50)13-9-6-4-2/h7,10-11,14-15,24-25,34-37,39-42H,3-6,8-9,12-13,16-23,26-33H2,1-2H3. The van der Waals surface area contributed by atoms with Crippen LogP contribution in [-0.4, -0.2) is 52.9 Å². The Labute approximate surface area is 367 Å². The van der Waals surface area contributed by atoms with Crippen LogP contribution < -0.4 is 9.47 Å². The summed E-state index contributed by atoms with van der Waals surface area (Å²) in [6.07, 6.45) is 24.0. The molecule has 4 saturated carbocycles. The van der Waals surface area contributed by atoms with E-state index in [-0.39, 0.29) is 36.0 Å². The van der Waals surface area contributed by atoms with Crippen molar-refractivity contribution in [3.05, 3.63) is 42.5 Å². The molecule has 0 atom stereocenters. The maximum atomic E-state index is 13.7. The van der Waals surface area contributed by atoms with Crippen LogP contribution in [-0.2, 0) is 28.7 Å². The first kappa shape index (κ1) is 45.4. The molecular formula is C51H69NO8S. The second kappa shape index (κ2) is 21.6. The SMILES string of the molecule is CCCCCC1CCC(C(=O)OC2CCC(C(=O)Oc3ccc(OC4(C=O)CCC(OC5(C=O)CCC(CCCCC)CC5)CC4)c4nc(-c5ccccc5)sc34)CC2)CC1. The maximum absolute atomic E-state index is 13.7. The van der Waals surface area contributed by atoms with Gasteiger partial charge in [-0.15, -0.1) is 11.3 Å². The number of aldehydes is 2. The molecule has 332 valence electrons. The number of carbonyl (C=O) groups excluding carboxylic acids is 4. The fourth-order valence-electron chi connectivity index (χ4n) is 10.5. The molecule has 0 aliphatic heterocycles. The number of benzene rings is 2. The molecule has 0 N–H and O–H groups in total. The number of nitrogens with zero attached hydrogens (tertiary/aromatic N) is 1. The van der Waals surface area contributed by atoms with Gasteiger partial charge in [-0.25, -0.2) is 4.98 Å². The van der Waals surface area contributed by atoms with E-state index in [4.69, 9.17) is 23.9 Å². The number of hydrogen-bond acceptors (Lipinski definition) is 10. The van der Waals surface area contributed by atoms with Crippen molar-refractivity contribution in [2.45, 2.75) is 191 Å². The largest absolute Gasteiger partial charge is 0.477 e. The van der Waals surface area contributed by atoms with Crippen molar-refractivity contribution in [1.82, 2.24) is 4.98 Å². The van der Waals surface area contributed by atoms with Crippen LogP contribution in [0.3, 0.4) is 0 Å². The molecule has 4 aliphatic carbocycles. The molecule has 4 fully saturated rings. The number of aromatic nitrogens is 1. The van der Waals surface area contributed by atoms with E-state index in [1.54, 1.807) is 12.1 Å². The van der Waals surface area contributed by atoms with Crippen LogP contribution in [0.15, 0.2) is 42.5 Å². The molecule has 4 aliphatic rings. The Morgan fingerprint density at radius 1 is 0.656 bits per heavy atom. The highest BCUT2D eigenvalue weighted by Crippen LogP contribution is 2.45. The van der Waals surface area contributed by atoms with Crippen molar-refractivity contribution in [1.29, 1.82) is 0 Å². The van der Waals surface area contributed by atoms with Gasteiger partial charge in [0.25, 0.3) is 0 Å². The van der Waals surface area contributed by atoms with Gasteiger partial charge in [-0.3, -0.25) is 14.4 Å². The second-order valence-corrected chi connectivity index (χ2v) is 19.9. The first-order chi connectivity index (χ1) is 29.7. The Balaban J connectivity index is 0.959. The molecule has 0 unspecified atom stereocenters. The fraction of sp³-hybridized carbons (Fsp3) is 0.667. The Morgan fingerprint density at radius 3 is 1.85 bits per heavy atom. The van der Waals surface area contributed by atoms with Crippen molar-refractivity contribution in [2.24, 2.45) is 23.7 Å². The van der Waals surface area contributed by atoms with Gasteiger partial charge in [0.05, 0.1) is 17.9 Å². The molecule has 61 heavy (non-hydrogen) atoms. The minimum absolute atomic E-state index is 0.000564. The number of fused-ring (bicyclic) bond motifs is 1. The first-order valence-electron chi connectivity index (χ1n) is 24.0. The van der Waals surface area contributed by atoms with E-state index in [2.05, 4.69) is 13.8 Å². The third kappa shape index (κ3) is 11.7. The molecule has 9 nitrogen and oxygen atoms in total. The van der Waals surface area contributed by atoms with Crippen LogP contribution in [0.1, 0.15) is 168 Å². The number of esters is 2. The van der Waals surface area contributed by atoms with Crippen LogP contribution in [0, 0.1) is 23.7 Å². The molecule has 7 rings (SSSR count). The fourth-order valence-corrected chi connectivity index (χ4v) is 11.5. The lowest BCUT2D eigenvalue weighted by Gasteiger charge is -2.42. The minimum atomic E-state index is -1.07. The molecule has 1 heterocycles. The lowest BCUT2D eigenvalue weighted by molar-refractivity contribution is -0.159. The molecular weight excluding hydrogens is 787 g/mol. The van der Waals surface area contributed by atoms with E-state index in [0.717, 1.165) is 80.4 Å². The quantitative estimate of drug-likeness (QED) is 0.0502. The van der Waals surface area contributed by atoms with Crippen LogP contribution in [0.5, 0.6) is 11.5 Å². The molecule has 1 aromatic heterocycles. The molecule has 0 bridgehead atoms. The summed E-state index contributed by atoms with van der Waals surface area (Å²) in [5, 5.41) is 0.757. The summed E-state index contributed by atoms with van der Waals surface area (Å²) < 4.78 is 26.1. The molecule has 2 aromatic carbocycles. The minimum Gasteiger partial charge on any atom is -0.477 e. The second-order valence-electron chi connectivity index (χ2n) is 18.9. The Bertz CT molecular complexity index is 1880. The van der Waals surface area contributed by atoms with E-state index in [1.807, 2.05) is 30.3 Å². The zero-order valence-electron chi connectivity index (χ0n) is 36.8. The van der Waals surface area contributed by atoms with E-state index >= 15 is 0 Å². The molecule has 0 saturated heterocycles. The van der Waals surface area contributed by atoms with Crippen molar-refractivity contribution >= 4 is 46.1 Å². The molecule has 10 heteroatoms. The lowest BCUT2D eigenvalue weighted by Crippen LogP contribution is -2.47. The predicted octanol–water partition coefficient (Wildman–Crippen LogP) is 12.3. The number of unbranched alkanes of at least 4 members (excludes halogenated alkanes) is 4. The monoisotopic (exact) mass is 855 g/mol. The van der Waals surface area contributed by atoms with Crippen molar-refractivity contribution in [2.75, 3.05) is 0 Å². The van der Waals surface area contributed by atoms with Gasteiger partial charge in [0, 0.05) is 5.56 Å². The third-order valence-corrected chi connectivity index (χ3v) is 15.6. The summed E-state index contributed by atoms with van der Waals surface area (Å²) in [7, 11) is 0. The number of ether oxygens (including phenoxy) is 4. The van der Waals surface area contributed by atoms with Gasteiger partial charge in [0.15, 0.2) is 23.9 Å². The average Bonchev–Trinajstić information content (AvgIpc) is 3.76. The zero-order valence-corrected chi connectivity index (χ0v) is 37.6. The van der Waals surface area contributed by atoms with Crippen molar-refractivity contribution < 1.29 is 38.1 Å². The summed E-state index contributed by atoms with van der Waals surface area (Å²) in [6, 6.07) is 13.4. The highest BCUT2D eigenvalue weighted by molar-refractivity contribution is 7.22. The summed E-state index contributed by atoms with van der Waals surface area (Å²) in [5.41, 5.74) is -0.320. The van der Waals surface area contributed by atoms with Gasteiger partial charge < -0.3 is 23.7 Å². The number of rotatable bonds is 19. The normalized spacial score (nSPS) is 29.4. The molecule has 0 amide bonds. The van der Waals surface area contributed by atoms with Gasteiger partial charge in [-0.1, -0.05) is 95.5 Å². The molecule has 0 radical (unpaired) electrons. The summed E-state index contributed by atoms with van der Waals surface area (Å²) in [4.78, 5) is 57.1. The van der Waals surface area contributed by atoms with Crippen LogP contribution in [0.25, 0.3) is 20.8 Å². The summed E-state index contributed by atoms with van der Waals surface area (Å²) in [5.74, 6) is 1.65. The third-order valence-electron chi connectivity index (χ3n) is 14.5. The number of carbonyl (C=O) groups is 4. The molecule has 3 aromatic rings. The van der Waals surface area contributed by atoms with Gasteiger partial charge >= 0.3 is 11.9 Å². The smallest absolute Gasteiger partial charge is 0.314 e. The van der Waals surface area contributed by atoms with Crippen LogP contribution >= 0.6 is 11.3 Å². The Morgan fingerprint density at radius 2 is 1.23 bits per heavy atom. The van der Waals surface area contributed by atoms with E-state index < -0.39 is 11.2 Å². The van der Waals surface area contributed by atoms with Gasteiger partial charge in [0.2, 0.25) is 0 Å². The summed E-state index contributed by atoms with van der Waals surface area (Å²) in [6.45, 7) is 4.47. The van der Waals surface area contributed by atoms with Gasteiger partial charge in [0.1, 0.15) is 32.7 Å². The van der Waals surface area contributed by atoms with E-state index in [1.165, 1.54) is 62.7 Å². The van der Waals surface area contributed by atoms with Crippen LogP contribution in [0.2, 0.25) is 0 Å². The van der Waals surface area contributed by atoms with Crippen molar-refractivity contribution in [3.63, 3.8) is 0 Å². The first-order valence-corrected chi connectivity index (χ1v) is 24.8. The lowest BCUT2D eigenvalue weighted by atomic mass is 9.77. The van der Waals surface area contributed by atoms with Crippen LogP contribution in [0.4, 0.5) is 0 Å². The van der Waals surface area contributed by atoms with E-state index in [0.29, 0.717) is 79.0 Å². The maximum Gasteiger partial charge on any atom is 0.314 e. The van der Waals surface area contributed by atoms with Crippen molar-refractivity contribution in [3.8, 4) is 22.1 Å². The van der Waals surface area contributed by atoms with Gasteiger partial charge in [-0.05, 0) is 127 Å². The average molecular weight is 856 g/mol. The Kier molecular flexibility index (Phi) is 16.1. The molecule has 0 spiro atoms. The highest BCUT2D eigenvalue weighted by atomic mass is 32.1. The number of hydrogen-bond donors (Lipinski definition) is 0. The predicted molar refractivity (Wildman–Crippen MR) is 240 cm³/mol. The zero-order chi connectivity index (χ0) is 42.7. The van der Waals surface area contributed by atoms with E-state index in [9.17, 15) is 19.2 Å². The number of thiazole rings is 1. The topological polar surface area (TPSA) is 118 Å². The summed E-state index contributed by atoms with van der Waals surface area (Å²) >= 11 is 1.43.